The molecule has 1 aromatic heterocycles. The van der Waals surface area contributed by atoms with Crippen molar-refractivity contribution < 1.29 is 13.5 Å². The molecule has 0 aliphatic heterocycles. The zero-order valence-electron chi connectivity index (χ0n) is 8.65. The zero-order chi connectivity index (χ0) is 12.3. The van der Waals surface area contributed by atoms with Crippen LogP contribution in [-0.2, 0) is 0 Å². The summed E-state index contributed by atoms with van der Waals surface area (Å²) in [5.41, 5.74) is 0.857. The van der Waals surface area contributed by atoms with E-state index >= 15 is 0 Å². The van der Waals surface area contributed by atoms with Crippen LogP contribution >= 0.6 is 22.9 Å². The topological polar surface area (TPSA) is 9.23 Å². The zero-order valence-corrected chi connectivity index (χ0v) is 10.2. The summed E-state index contributed by atoms with van der Waals surface area (Å²) in [7, 11) is 0. The molecular weight excluding hydrogens is 266 g/mol. The number of alkyl halides is 3. The van der Waals surface area contributed by atoms with E-state index in [1.807, 2.05) is 17.5 Å². The first kappa shape index (κ1) is 12.3. The molecule has 0 N–H and O–H groups in total. The molecule has 0 saturated carbocycles. The predicted molar refractivity (Wildman–Crippen MR) is 65.1 cm³/mol. The molecule has 0 aliphatic carbocycles. The summed E-state index contributed by atoms with van der Waals surface area (Å²) < 4.78 is 28.2. The Morgan fingerprint density at radius 1 is 1.12 bits per heavy atom. The molecule has 17 heavy (non-hydrogen) atoms. The number of hydrogen-bond donors (Lipinski definition) is 0. The molecule has 0 saturated heterocycles. The van der Waals surface area contributed by atoms with E-state index in [1.54, 1.807) is 23.5 Å². The van der Waals surface area contributed by atoms with Crippen molar-refractivity contribution in [2.24, 2.45) is 0 Å². The standard InChI is InChI=1S/C12H9ClF2OS/c13-11(10-2-1-7-17-10)8-3-5-9(6-4-8)16-12(14)15/h1-7,11-12H. The lowest BCUT2D eigenvalue weighted by Gasteiger charge is -2.09. The third-order valence-corrected chi connectivity index (χ3v) is 3.74. The van der Waals surface area contributed by atoms with Crippen LogP contribution in [0.5, 0.6) is 5.75 Å². The van der Waals surface area contributed by atoms with Gasteiger partial charge in [-0.05, 0) is 29.1 Å². The molecule has 0 fully saturated rings. The Bertz CT molecular complexity index is 456. The van der Waals surface area contributed by atoms with Gasteiger partial charge in [0.1, 0.15) is 5.75 Å². The Morgan fingerprint density at radius 2 is 1.82 bits per heavy atom. The summed E-state index contributed by atoms with van der Waals surface area (Å²) in [4.78, 5) is 1.02. The van der Waals surface area contributed by atoms with Crippen LogP contribution < -0.4 is 4.74 Å². The maximum absolute atomic E-state index is 12.0. The van der Waals surface area contributed by atoms with Gasteiger partial charge in [0.2, 0.25) is 0 Å². The third kappa shape index (κ3) is 3.17. The van der Waals surface area contributed by atoms with E-state index in [4.69, 9.17) is 11.6 Å². The van der Waals surface area contributed by atoms with Crippen molar-refractivity contribution in [3.63, 3.8) is 0 Å². The van der Waals surface area contributed by atoms with E-state index in [0.29, 0.717) is 0 Å². The van der Waals surface area contributed by atoms with Crippen molar-refractivity contribution in [2.75, 3.05) is 0 Å². The molecule has 90 valence electrons. The van der Waals surface area contributed by atoms with Crippen molar-refractivity contribution >= 4 is 22.9 Å². The molecule has 0 amide bonds. The first-order valence-electron chi connectivity index (χ1n) is 4.89. The summed E-state index contributed by atoms with van der Waals surface area (Å²) >= 11 is 7.81. The summed E-state index contributed by atoms with van der Waals surface area (Å²) in [6.07, 6.45) is 0. The Balaban J connectivity index is 2.12. The van der Waals surface area contributed by atoms with Crippen LogP contribution in [0.1, 0.15) is 15.8 Å². The average molecular weight is 275 g/mol. The van der Waals surface area contributed by atoms with E-state index < -0.39 is 6.61 Å². The normalized spacial score (nSPS) is 12.7. The van der Waals surface area contributed by atoms with Crippen LogP contribution in [0.2, 0.25) is 0 Å². The van der Waals surface area contributed by atoms with Gasteiger partial charge in [0.25, 0.3) is 0 Å². The van der Waals surface area contributed by atoms with Gasteiger partial charge >= 0.3 is 6.61 Å². The van der Waals surface area contributed by atoms with E-state index in [1.165, 1.54) is 12.1 Å². The highest BCUT2D eigenvalue weighted by Crippen LogP contribution is 2.32. The maximum Gasteiger partial charge on any atom is 0.387 e. The molecule has 5 heteroatoms. The first-order chi connectivity index (χ1) is 8.16. The summed E-state index contributed by atoms with van der Waals surface area (Å²) in [6, 6.07) is 10.2. The predicted octanol–water partition coefficient (Wildman–Crippen LogP) is 4.68. The molecule has 1 aromatic carbocycles. The molecule has 0 aliphatic rings. The van der Waals surface area contributed by atoms with Gasteiger partial charge in [0, 0.05) is 4.88 Å². The highest BCUT2D eigenvalue weighted by molar-refractivity contribution is 7.10. The molecule has 2 aromatic rings. The minimum Gasteiger partial charge on any atom is -0.435 e. The van der Waals surface area contributed by atoms with E-state index in [9.17, 15) is 8.78 Å². The molecule has 1 unspecified atom stereocenters. The van der Waals surface area contributed by atoms with Gasteiger partial charge < -0.3 is 4.74 Å². The summed E-state index contributed by atoms with van der Waals surface area (Å²) in [5, 5.41) is 1.69. The summed E-state index contributed by atoms with van der Waals surface area (Å²) in [5.74, 6) is 0.138. The Labute approximate surface area is 107 Å². The van der Waals surface area contributed by atoms with Crippen LogP contribution in [0.15, 0.2) is 41.8 Å². The fourth-order valence-corrected chi connectivity index (χ4v) is 2.52. The number of benzene rings is 1. The second kappa shape index (κ2) is 5.47. The van der Waals surface area contributed by atoms with Crippen LogP contribution in [0, 0.1) is 0 Å². The average Bonchev–Trinajstić information content (AvgIpc) is 2.82. The van der Waals surface area contributed by atoms with Crippen molar-refractivity contribution in [1.29, 1.82) is 0 Å². The Hall–Kier alpha value is -1.13. The van der Waals surface area contributed by atoms with Gasteiger partial charge in [-0.25, -0.2) is 0 Å². The molecule has 1 heterocycles. The minimum atomic E-state index is -2.80. The van der Waals surface area contributed by atoms with Crippen LogP contribution in [0.4, 0.5) is 8.78 Å². The van der Waals surface area contributed by atoms with Gasteiger partial charge in [-0.15, -0.1) is 22.9 Å². The van der Waals surface area contributed by atoms with Crippen molar-refractivity contribution in [3.8, 4) is 5.75 Å². The first-order valence-corrected chi connectivity index (χ1v) is 6.20. The summed E-state index contributed by atoms with van der Waals surface area (Å²) in [6.45, 7) is -2.80. The smallest absolute Gasteiger partial charge is 0.387 e. The number of rotatable bonds is 4. The highest BCUT2D eigenvalue weighted by Gasteiger charge is 2.12. The molecule has 0 spiro atoms. The van der Waals surface area contributed by atoms with Crippen LogP contribution in [-0.4, -0.2) is 6.61 Å². The lowest BCUT2D eigenvalue weighted by atomic mass is 10.1. The van der Waals surface area contributed by atoms with Gasteiger partial charge in [0.05, 0.1) is 5.38 Å². The van der Waals surface area contributed by atoms with Gasteiger partial charge in [-0.2, -0.15) is 8.78 Å². The van der Waals surface area contributed by atoms with Gasteiger partial charge in [0.15, 0.2) is 0 Å². The third-order valence-electron chi connectivity index (χ3n) is 2.19. The van der Waals surface area contributed by atoms with E-state index in [2.05, 4.69) is 4.74 Å². The van der Waals surface area contributed by atoms with E-state index in [-0.39, 0.29) is 11.1 Å². The molecule has 2 rings (SSSR count). The van der Waals surface area contributed by atoms with Crippen LogP contribution in [0.25, 0.3) is 0 Å². The number of thiophene rings is 1. The molecule has 0 bridgehead atoms. The van der Waals surface area contributed by atoms with Crippen molar-refractivity contribution in [3.05, 3.63) is 52.2 Å². The minimum absolute atomic E-state index is 0.138. The lowest BCUT2D eigenvalue weighted by molar-refractivity contribution is -0.0498. The molecule has 1 atom stereocenters. The quantitative estimate of drug-likeness (QED) is 0.736. The van der Waals surface area contributed by atoms with E-state index in [0.717, 1.165) is 10.4 Å². The Kier molecular flexibility index (Phi) is 3.97. The van der Waals surface area contributed by atoms with Gasteiger partial charge in [-0.1, -0.05) is 18.2 Å². The largest absolute Gasteiger partial charge is 0.435 e. The SMILES string of the molecule is FC(F)Oc1ccc(C(Cl)c2cccs2)cc1. The molecule has 0 radical (unpaired) electrons. The van der Waals surface area contributed by atoms with Crippen molar-refractivity contribution in [2.45, 2.75) is 12.0 Å². The Morgan fingerprint density at radius 3 is 2.35 bits per heavy atom. The molecular formula is C12H9ClF2OS. The number of ether oxygens (including phenoxy) is 1. The fourth-order valence-electron chi connectivity index (χ4n) is 1.42. The highest BCUT2D eigenvalue weighted by atomic mass is 35.5. The second-order valence-electron chi connectivity index (χ2n) is 3.33. The molecule has 1 nitrogen and oxygen atoms in total. The maximum atomic E-state index is 12.0. The van der Waals surface area contributed by atoms with Gasteiger partial charge in [-0.3, -0.25) is 0 Å². The van der Waals surface area contributed by atoms with Crippen molar-refractivity contribution in [1.82, 2.24) is 0 Å². The fraction of sp³-hybridized carbons (Fsp3) is 0.167. The van der Waals surface area contributed by atoms with Crippen LogP contribution in [0.3, 0.4) is 0 Å². The monoisotopic (exact) mass is 274 g/mol. The number of hydrogen-bond acceptors (Lipinski definition) is 2. The number of halogens is 3. The lowest BCUT2D eigenvalue weighted by Crippen LogP contribution is -2.01. The second-order valence-corrected chi connectivity index (χ2v) is 4.74.